The van der Waals surface area contributed by atoms with Gasteiger partial charge in [-0.2, -0.15) is 0 Å². The van der Waals surface area contributed by atoms with E-state index in [1.165, 1.54) is 11.1 Å². The predicted octanol–water partition coefficient (Wildman–Crippen LogP) is 5.19. The minimum atomic E-state index is -0.873. The molecule has 2 N–H and O–H groups in total. The summed E-state index contributed by atoms with van der Waals surface area (Å²) in [6.45, 7) is 6.43. The first-order valence-electron chi connectivity index (χ1n) is 12.4. The number of carboxylic acids is 1. The number of rotatable bonds is 12. The third-order valence-electron chi connectivity index (χ3n) is 6.46. The van der Waals surface area contributed by atoms with E-state index >= 15 is 0 Å². The Morgan fingerprint density at radius 2 is 1.63 bits per heavy atom. The number of nitrogens with one attached hydrogen (secondary N) is 1. The summed E-state index contributed by atoms with van der Waals surface area (Å²) in [5, 5.41) is 11.8. The van der Waals surface area contributed by atoms with Gasteiger partial charge in [-0.05, 0) is 48.9 Å². The van der Waals surface area contributed by atoms with Gasteiger partial charge in [0, 0.05) is 37.4 Å². The first-order chi connectivity index (χ1) is 16.8. The van der Waals surface area contributed by atoms with Crippen molar-refractivity contribution in [2.45, 2.75) is 70.9 Å². The fourth-order valence-electron chi connectivity index (χ4n) is 4.78. The maximum absolute atomic E-state index is 13.0. The van der Waals surface area contributed by atoms with E-state index in [9.17, 15) is 14.4 Å². The van der Waals surface area contributed by atoms with Gasteiger partial charge < -0.3 is 20.1 Å². The molecule has 0 spiro atoms. The molecule has 0 bridgehead atoms. The molecule has 0 aliphatic heterocycles. The summed E-state index contributed by atoms with van der Waals surface area (Å²) in [6.07, 6.45) is 1.51. The quantitative estimate of drug-likeness (QED) is 0.436. The van der Waals surface area contributed by atoms with E-state index in [0.717, 1.165) is 17.5 Å². The maximum atomic E-state index is 13.0. The Kier molecular flexibility index (Phi) is 9.29. The molecule has 0 heterocycles. The number of fused-ring (bicyclic) bond motifs is 3. The Hall–Kier alpha value is -3.35. The van der Waals surface area contributed by atoms with Crippen LogP contribution in [0.15, 0.2) is 48.5 Å². The fraction of sp³-hybridized carbons (Fsp3) is 0.464. The van der Waals surface area contributed by atoms with Gasteiger partial charge in [0.1, 0.15) is 6.61 Å². The molecule has 0 saturated carbocycles. The summed E-state index contributed by atoms with van der Waals surface area (Å²) >= 11 is 0. The highest BCUT2D eigenvalue weighted by molar-refractivity contribution is 5.80. The highest BCUT2D eigenvalue weighted by atomic mass is 16.5. The summed E-state index contributed by atoms with van der Waals surface area (Å²) in [7, 11) is 0. The van der Waals surface area contributed by atoms with Crippen molar-refractivity contribution in [3.05, 3.63) is 59.7 Å². The van der Waals surface area contributed by atoms with E-state index in [4.69, 9.17) is 9.84 Å². The smallest absolute Gasteiger partial charge is 0.407 e. The van der Waals surface area contributed by atoms with Crippen LogP contribution in [0, 0.1) is 0 Å². The van der Waals surface area contributed by atoms with Crippen LogP contribution in [0.5, 0.6) is 0 Å². The van der Waals surface area contributed by atoms with E-state index in [1.54, 1.807) is 4.90 Å². The lowest BCUT2D eigenvalue weighted by atomic mass is 9.98. The van der Waals surface area contributed by atoms with Crippen molar-refractivity contribution in [1.29, 1.82) is 0 Å². The van der Waals surface area contributed by atoms with Crippen molar-refractivity contribution < 1.29 is 24.2 Å². The molecule has 0 aromatic heterocycles. The molecule has 0 fully saturated rings. The molecule has 1 atom stereocenters. The number of hydrogen-bond acceptors (Lipinski definition) is 4. The van der Waals surface area contributed by atoms with Gasteiger partial charge in [-0.3, -0.25) is 9.59 Å². The minimum Gasteiger partial charge on any atom is -0.481 e. The van der Waals surface area contributed by atoms with Gasteiger partial charge in [0.15, 0.2) is 0 Å². The van der Waals surface area contributed by atoms with Gasteiger partial charge in [-0.15, -0.1) is 0 Å². The zero-order valence-electron chi connectivity index (χ0n) is 20.8. The van der Waals surface area contributed by atoms with Crippen molar-refractivity contribution in [3.8, 4) is 11.1 Å². The van der Waals surface area contributed by atoms with Crippen LogP contribution in [0.25, 0.3) is 11.1 Å². The average molecular weight is 481 g/mol. The second-order valence-electron chi connectivity index (χ2n) is 9.34. The number of carbonyl (C=O) groups excluding carboxylic acids is 2. The van der Waals surface area contributed by atoms with E-state index in [2.05, 4.69) is 29.6 Å². The number of carboxylic acid groups (broad SMARTS) is 1. The second-order valence-corrected chi connectivity index (χ2v) is 9.34. The Labute approximate surface area is 207 Å². The van der Waals surface area contributed by atoms with E-state index in [-0.39, 0.29) is 43.4 Å². The van der Waals surface area contributed by atoms with Gasteiger partial charge in [0.25, 0.3) is 0 Å². The minimum absolute atomic E-state index is 0.0207. The number of alkyl carbamates (subject to hydrolysis) is 1. The summed E-state index contributed by atoms with van der Waals surface area (Å²) in [5.74, 6) is -0.991. The van der Waals surface area contributed by atoms with Crippen molar-refractivity contribution in [2.24, 2.45) is 0 Å². The fourth-order valence-corrected chi connectivity index (χ4v) is 4.78. The van der Waals surface area contributed by atoms with E-state index in [0.29, 0.717) is 19.4 Å². The second kappa shape index (κ2) is 12.4. The molecule has 1 aliphatic carbocycles. The zero-order chi connectivity index (χ0) is 25.4. The number of nitrogens with zero attached hydrogens (tertiary/aromatic N) is 1. The van der Waals surface area contributed by atoms with Crippen LogP contribution >= 0.6 is 0 Å². The molecule has 7 heteroatoms. The van der Waals surface area contributed by atoms with Crippen molar-refractivity contribution >= 4 is 18.0 Å². The molecular weight excluding hydrogens is 444 g/mol. The van der Waals surface area contributed by atoms with Gasteiger partial charge >= 0.3 is 12.1 Å². The van der Waals surface area contributed by atoms with E-state index in [1.807, 2.05) is 45.0 Å². The Morgan fingerprint density at radius 1 is 1.03 bits per heavy atom. The predicted molar refractivity (Wildman–Crippen MR) is 135 cm³/mol. The third-order valence-corrected chi connectivity index (χ3v) is 6.46. The van der Waals surface area contributed by atoms with Gasteiger partial charge in [-0.25, -0.2) is 4.79 Å². The van der Waals surface area contributed by atoms with Crippen LogP contribution in [0.4, 0.5) is 4.79 Å². The van der Waals surface area contributed by atoms with Gasteiger partial charge in [-0.1, -0.05) is 61.9 Å². The molecule has 2 amide bonds. The van der Waals surface area contributed by atoms with Crippen LogP contribution in [-0.4, -0.2) is 53.2 Å². The molecule has 7 nitrogen and oxygen atoms in total. The summed E-state index contributed by atoms with van der Waals surface area (Å²) in [6, 6.07) is 16.0. The van der Waals surface area contributed by atoms with Crippen molar-refractivity contribution in [1.82, 2.24) is 10.2 Å². The van der Waals surface area contributed by atoms with Crippen LogP contribution < -0.4 is 5.32 Å². The number of hydrogen-bond donors (Lipinski definition) is 2. The third kappa shape index (κ3) is 6.84. The largest absolute Gasteiger partial charge is 0.481 e. The molecular formula is C28H36N2O5. The molecule has 2 aromatic rings. The number of ether oxygens (including phenoxy) is 1. The highest BCUT2D eigenvalue weighted by Gasteiger charge is 2.29. The maximum Gasteiger partial charge on any atom is 0.407 e. The van der Waals surface area contributed by atoms with Crippen LogP contribution in [0.1, 0.15) is 69.9 Å². The monoisotopic (exact) mass is 480 g/mol. The van der Waals surface area contributed by atoms with Crippen LogP contribution in [0.2, 0.25) is 0 Å². The topological polar surface area (TPSA) is 95.9 Å². The molecule has 1 unspecified atom stereocenters. The molecule has 3 rings (SSSR count). The summed E-state index contributed by atoms with van der Waals surface area (Å²) in [5.41, 5.74) is 4.64. The Balaban J connectivity index is 1.59. The van der Waals surface area contributed by atoms with Gasteiger partial charge in [0.05, 0.1) is 0 Å². The standard InChI is InChI=1S/C28H36N2O5/c1-4-10-20(17-26(31)30(19(2)3)16-9-15-27(32)33)29-28(34)35-18-25-23-13-7-5-11-21(23)22-12-6-8-14-24(22)25/h5-8,11-14,19-20,25H,4,9-10,15-18H2,1-3H3,(H,29,34)(H,32,33). The molecule has 188 valence electrons. The lowest BCUT2D eigenvalue weighted by Crippen LogP contribution is -2.43. The van der Waals surface area contributed by atoms with E-state index < -0.39 is 12.1 Å². The molecule has 1 aliphatic rings. The van der Waals surface area contributed by atoms with Crippen LogP contribution in [-0.2, 0) is 14.3 Å². The lowest BCUT2D eigenvalue weighted by molar-refractivity contribution is -0.138. The SMILES string of the molecule is CCCC(CC(=O)N(CCCC(=O)O)C(C)C)NC(=O)OCC1c2ccccc2-c2ccccc21. The average Bonchev–Trinajstić information content (AvgIpc) is 3.14. The lowest BCUT2D eigenvalue weighted by Gasteiger charge is -2.29. The summed E-state index contributed by atoms with van der Waals surface area (Å²) in [4.78, 5) is 38.2. The molecule has 0 radical (unpaired) electrons. The van der Waals surface area contributed by atoms with Gasteiger partial charge in [0.2, 0.25) is 5.91 Å². The Morgan fingerprint density at radius 3 is 2.17 bits per heavy atom. The molecule has 2 aromatic carbocycles. The molecule has 35 heavy (non-hydrogen) atoms. The number of carbonyl (C=O) groups is 3. The first kappa shape index (κ1) is 26.3. The number of benzene rings is 2. The molecule has 0 saturated heterocycles. The normalized spacial score (nSPS) is 13.1. The summed E-state index contributed by atoms with van der Waals surface area (Å²) < 4.78 is 5.66. The first-order valence-corrected chi connectivity index (χ1v) is 12.4. The highest BCUT2D eigenvalue weighted by Crippen LogP contribution is 2.44. The van der Waals surface area contributed by atoms with Crippen molar-refractivity contribution in [3.63, 3.8) is 0 Å². The Bertz CT molecular complexity index is 990. The zero-order valence-corrected chi connectivity index (χ0v) is 20.8. The van der Waals surface area contributed by atoms with Crippen LogP contribution in [0.3, 0.4) is 0 Å². The van der Waals surface area contributed by atoms with Crippen molar-refractivity contribution in [2.75, 3.05) is 13.2 Å². The number of amides is 2. The number of aliphatic carboxylic acids is 1.